The SMILES string of the molecule is O=C1[C@@H]2[C@H](ON(c3cccc([N+](=O)[O-])c3)[C@@H]2c2ccccc2)C(=O)N1c1ccc(F)cc1. The predicted molar refractivity (Wildman–Crippen MR) is 112 cm³/mol. The van der Waals surface area contributed by atoms with Gasteiger partial charge in [0.2, 0.25) is 5.91 Å². The summed E-state index contributed by atoms with van der Waals surface area (Å²) >= 11 is 0. The highest BCUT2D eigenvalue weighted by Gasteiger charge is 2.60. The van der Waals surface area contributed by atoms with E-state index >= 15 is 0 Å². The molecule has 2 aliphatic rings. The summed E-state index contributed by atoms with van der Waals surface area (Å²) in [5.41, 5.74) is 1.19. The number of non-ortho nitro benzene ring substituents is 1. The largest absolute Gasteiger partial charge is 0.273 e. The van der Waals surface area contributed by atoms with E-state index in [4.69, 9.17) is 4.84 Å². The zero-order chi connectivity index (χ0) is 22.4. The standard InChI is InChI=1S/C23H16FN3O5/c24-15-9-11-16(12-10-15)25-22(28)19-20(14-5-2-1-3-6-14)26(32-21(19)23(25)29)17-7-4-8-18(13-17)27(30)31/h1-13,19-21H/t19-,20+,21-/m0/s1. The van der Waals surface area contributed by atoms with Crippen LogP contribution in [0.25, 0.3) is 0 Å². The first kappa shape index (κ1) is 19.8. The van der Waals surface area contributed by atoms with E-state index in [1.54, 1.807) is 30.3 Å². The fourth-order valence-electron chi connectivity index (χ4n) is 4.22. The third kappa shape index (κ3) is 3.10. The quantitative estimate of drug-likeness (QED) is 0.353. The molecule has 2 amide bonds. The van der Waals surface area contributed by atoms with Crippen molar-refractivity contribution in [2.24, 2.45) is 5.92 Å². The third-order valence-corrected chi connectivity index (χ3v) is 5.64. The van der Waals surface area contributed by atoms with E-state index in [9.17, 15) is 24.1 Å². The number of nitro benzene ring substituents is 1. The first-order valence-electron chi connectivity index (χ1n) is 9.84. The van der Waals surface area contributed by atoms with Crippen LogP contribution >= 0.6 is 0 Å². The molecular formula is C23H16FN3O5. The Morgan fingerprint density at radius 1 is 0.875 bits per heavy atom. The molecule has 0 spiro atoms. The van der Waals surface area contributed by atoms with Gasteiger partial charge in [0, 0.05) is 12.1 Å². The Labute approximate surface area is 181 Å². The van der Waals surface area contributed by atoms with Crippen LogP contribution in [0.2, 0.25) is 0 Å². The molecule has 2 saturated heterocycles. The number of imide groups is 1. The van der Waals surface area contributed by atoms with Crippen LogP contribution < -0.4 is 9.96 Å². The van der Waals surface area contributed by atoms with Crippen LogP contribution in [-0.2, 0) is 14.4 Å². The van der Waals surface area contributed by atoms with E-state index in [2.05, 4.69) is 0 Å². The Hall–Kier alpha value is -4.11. The maximum atomic E-state index is 13.4. The Balaban J connectivity index is 1.58. The number of nitrogens with zero attached hydrogens (tertiary/aromatic N) is 3. The van der Waals surface area contributed by atoms with Gasteiger partial charge in [-0.1, -0.05) is 36.4 Å². The van der Waals surface area contributed by atoms with Gasteiger partial charge in [-0.05, 0) is 35.9 Å². The zero-order valence-corrected chi connectivity index (χ0v) is 16.5. The second-order valence-corrected chi connectivity index (χ2v) is 7.50. The topological polar surface area (TPSA) is 93.0 Å². The number of hydrogen-bond acceptors (Lipinski definition) is 6. The molecule has 0 radical (unpaired) electrons. The average molecular weight is 433 g/mol. The smallest absolute Gasteiger partial charge is 0.271 e. The van der Waals surface area contributed by atoms with E-state index in [-0.39, 0.29) is 11.4 Å². The zero-order valence-electron chi connectivity index (χ0n) is 16.5. The van der Waals surface area contributed by atoms with Gasteiger partial charge in [0.1, 0.15) is 11.7 Å². The molecule has 8 nitrogen and oxygen atoms in total. The van der Waals surface area contributed by atoms with Gasteiger partial charge in [0.05, 0.1) is 22.3 Å². The third-order valence-electron chi connectivity index (χ3n) is 5.64. The molecular weight excluding hydrogens is 417 g/mol. The first-order chi connectivity index (χ1) is 15.5. The Kier molecular flexibility index (Phi) is 4.67. The van der Waals surface area contributed by atoms with Gasteiger partial charge in [0.15, 0.2) is 6.10 Å². The first-order valence-corrected chi connectivity index (χ1v) is 9.84. The molecule has 2 fully saturated rings. The van der Waals surface area contributed by atoms with E-state index in [1.165, 1.54) is 47.5 Å². The van der Waals surface area contributed by atoms with Crippen molar-refractivity contribution in [1.82, 2.24) is 0 Å². The number of nitro groups is 1. The molecule has 3 aromatic carbocycles. The highest BCUT2D eigenvalue weighted by Crippen LogP contribution is 2.47. The van der Waals surface area contributed by atoms with E-state index in [0.717, 1.165) is 4.90 Å². The van der Waals surface area contributed by atoms with Crippen LogP contribution in [-0.4, -0.2) is 22.8 Å². The number of hydroxylamine groups is 1. The predicted octanol–water partition coefficient (Wildman–Crippen LogP) is 3.79. The Morgan fingerprint density at radius 3 is 2.28 bits per heavy atom. The van der Waals surface area contributed by atoms with Gasteiger partial charge in [-0.15, -0.1) is 0 Å². The fourth-order valence-corrected chi connectivity index (χ4v) is 4.22. The molecule has 0 N–H and O–H groups in total. The van der Waals surface area contributed by atoms with E-state index < -0.39 is 40.6 Å². The molecule has 0 unspecified atom stereocenters. The highest BCUT2D eigenvalue weighted by molar-refractivity contribution is 6.23. The molecule has 0 saturated carbocycles. The second-order valence-electron chi connectivity index (χ2n) is 7.50. The number of rotatable bonds is 4. The highest BCUT2D eigenvalue weighted by atomic mass is 19.1. The molecule has 0 bridgehead atoms. The molecule has 2 aliphatic heterocycles. The summed E-state index contributed by atoms with van der Waals surface area (Å²) < 4.78 is 13.3. The number of carbonyl (C=O) groups is 2. The Morgan fingerprint density at radius 2 is 1.59 bits per heavy atom. The number of hydrogen-bond donors (Lipinski definition) is 0. The maximum Gasteiger partial charge on any atom is 0.271 e. The van der Waals surface area contributed by atoms with Crippen LogP contribution in [0.15, 0.2) is 78.9 Å². The van der Waals surface area contributed by atoms with E-state index in [1.807, 2.05) is 6.07 Å². The number of halogens is 1. The van der Waals surface area contributed by atoms with Crippen LogP contribution in [0.3, 0.4) is 0 Å². The lowest BCUT2D eigenvalue weighted by Crippen LogP contribution is -2.37. The minimum absolute atomic E-state index is 0.138. The van der Waals surface area contributed by atoms with Crippen molar-refractivity contribution in [1.29, 1.82) is 0 Å². The number of benzene rings is 3. The summed E-state index contributed by atoms with van der Waals surface area (Å²) in [4.78, 5) is 44.3. The number of fused-ring (bicyclic) bond motifs is 1. The molecule has 3 aromatic rings. The van der Waals surface area contributed by atoms with Gasteiger partial charge in [-0.3, -0.25) is 24.5 Å². The normalized spacial score (nSPS) is 22.3. The lowest BCUT2D eigenvalue weighted by atomic mass is 9.90. The Bertz CT molecular complexity index is 1220. The van der Waals surface area contributed by atoms with Crippen molar-refractivity contribution in [2.45, 2.75) is 12.1 Å². The summed E-state index contributed by atoms with van der Waals surface area (Å²) in [5, 5.41) is 12.6. The average Bonchev–Trinajstić information content (AvgIpc) is 3.31. The summed E-state index contributed by atoms with van der Waals surface area (Å²) in [7, 11) is 0. The van der Waals surface area contributed by atoms with Gasteiger partial charge in [-0.25, -0.2) is 14.4 Å². The lowest BCUT2D eigenvalue weighted by molar-refractivity contribution is -0.384. The van der Waals surface area contributed by atoms with Crippen LogP contribution in [0, 0.1) is 21.8 Å². The lowest BCUT2D eigenvalue weighted by Gasteiger charge is -2.28. The van der Waals surface area contributed by atoms with Gasteiger partial charge >= 0.3 is 0 Å². The molecule has 0 aromatic heterocycles. The van der Waals surface area contributed by atoms with Crippen molar-refractivity contribution in [3.63, 3.8) is 0 Å². The van der Waals surface area contributed by atoms with Crippen molar-refractivity contribution < 1.29 is 23.7 Å². The molecule has 32 heavy (non-hydrogen) atoms. The second kappa shape index (κ2) is 7.54. The van der Waals surface area contributed by atoms with Crippen molar-refractivity contribution in [2.75, 3.05) is 9.96 Å². The molecule has 0 aliphatic carbocycles. The van der Waals surface area contributed by atoms with E-state index in [0.29, 0.717) is 11.3 Å². The molecule has 5 rings (SSSR count). The van der Waals surface area contributed by atoms with Gasteiger partial charge < -0.3 is 0 Å². The monoisotopic (exact) mass is 433 g/mol. The fraction of sp³-hybridized carbons (Fsp3) is 0.130. The summed E-state index contributed by atoms with van der Waals surface area (Å²) in [6.45, 7) is 0. The van der Waals surface area contributed by atoms with Crippen LogP contribution in [0.5, 0.6) is 0 Å². The molecule has 9 heteroatoms. The molecule has 2 heterocycles. The van der Waals surface area contributed by atoms with Crippen LogP contribution in [0.1, 0.15) is 11.6 Å². The number of carbonyl (C=O) groups excluding carboxylic acids is 2. The number of amides is 2. The van der Waals surface area contributed by atoms with Gasteiger partial charge in [0.25, 0.3) is 11.6 Å². The van der Waals surface area contributed by atoms with Crippen LogP contribution in [0.4, 0.5) is 21.5 Å². The summed E-state index contributed by atoms with van der Waals surface area (Å²) in [6.07, 6.45) is -1.11. The van der Waals surface area contributed by atoms with Crippen molar-refractivity contribution >= 4 is 28.9 Å². The van der Waals surface area contributed by atoms with Gasteiger partial charge in [-0.2, -0.15) is 0 Å². The summed E-state index contributed by atoms with van der Waals surface area (Å²) in [6, 6.07) is 19.2. The minimum Gasteiger partial charge on any atom is -0.273 e. The molecule has 3 atom stereocenters. The molecule has 160 valence electrons. The number of anilines is 2. The summed E-state index contributed by atoms with van der Waals surface area (Å²) in [5.74, 6) is -2.41. The minimum atomic E-state index is -1.11. The maximum absolute atomic E-state index is 13.4. The van der Waals surface area contributed by atoms with Crippen molar-refractivity contribution in [3.8, 4) is 0 Å². The van der Waals surface area contributed by atoms with Crippen molar-refractivity contribution in [3.05, 3.63) is 100 Å².